The van der Waals surface area contributed by atoms with Crippen LogP contribution in [0.2, 0.25) is 0 Å². The van der Waals surface area contributed by atoms with Crippen molar-refractivity contribution < 1.29 is 4.79 Å². The average molecular weight is 233 g/mol. The van der Waals surface area contributed by atoms with E-state index in [1.54, 1.807) is 18.0 Å². The quantitative estimate of drug-likeness (QED) is 0.791. The first kappa shape index (κ1) is 12.9. The van der Waals surface area contributed by atoms with Crippen molar-refractivity contribution in [2.75, 3.05) is 25.0 Å². The van der Waals surface area contributed by atoms with Crippen LogP contribution in [0.5, 0.6) is 0 Å². The zero-order valence-corrected chi connectivity index (χ0v) is 9.97. The van der Waals surface area contributed by atoms with E-state index in [4.69, 9.17) is 5.26 Å². The molecule has 6 heteroatoms. The largest absolute Gasteiger partial charge is 0.355 e. The maximum absolute atomic E-state index is 11.5. The molecule has 1 aromatic rings. The first-order valence-electron chi connectivity index (χ1n) is 5.38. The van der Waals surface area contributed by atoms with Gasteiger partial charge in [-0.2, -0.15) is 10.4 Å². The van der Waals surface area contributed by atoms with Crippen LogP contribution < -0.4 is 10.2 Å². The van der Waals surface area contributed by atoms with E-state index in [9.17, 15) is 4.79 Å². The molecule has 0 unspecified atom stereocenters. The number of anilines is 1. The first-order valence-corrected chi connectivity index (χ1v) is 5.38. The summed E-state index contributed by atoms with van der Waals surface area (Å²) in [6.07, 6.45) is 2.34. The van der Waals surface area contributed by atoms with Crippen molar-refractivity contribution in [3.63, 3.8) is 0 Å². The van der Waals surface area contributed by atoms with E-state index in [-0.39, 0.29) is 12.5 Å². The predicted octanol–water partition coefficient (Wildman–Crippen LogP) is 0.311. The van der Waals surface area contributed by atoms with E-state index in [1.165, 1.54) is 6.20 Å². The van der Waals surface area contributed by atoms with Crippen LogP contribution in [0.4, 0.5) is 5.82 Å². The van der Waals surface area contributed by atoms with Gasteiger partial charge in [-0.25, -0.2) is 0 Å². The highest BCUT2D eigenvalue weighted by molar-refractivity contribution is 5.81. The number of nitriles is 1. The van der Waals surface area contributed by atoms with Gasteiger partial charge in [0.25, 0.3) is 0 Å². The molecule has 1 amide bonds. The standard InChI is InChI=1S/C11H15N5O/c1-3-5-13-10(17)8-16(2)11-9(7-12)4-6-14-15-11/h4,6H,3,5,8H2,1-2H3,(H,13,17). The lowest BCUT2D eigenvalue weighted by molar-refractivity contribution is -0.119. The maximum Gasteiger partial charge on any atom is 0.239 e. The molecule has 0 aliphatic carbocycles. The summed E-state index contributed by atoms with van der Waals surface area (Å²) >= 11 is 0. The Morgan fingerprint density at radius 3 is 3.06 bits per heavy atom. The Hall–Kier alpha value is -2.16. The van der Waals surface area contributed by atoms with Gasteiger partial charge in [0.2, 0.25) is 5.91 Å². The molecule has 0 fully saturated rings. The van der Waals surface area contributed by atoms with Gasteiger partial charge >= 0.3 is 0 Å². The van der Waals surface area contributed by atoms with E-state index in [1.807, 2.05) is 13.0 Å². The number of likely N-dealkylation sites (N-methyl/N-ethyl adjacent to an activating group) is 1. The van der Waals surface area contributed by atoms with E-state index in [0.29, 0.717) is 17.9 Å². The van der Waals surface area contributed by atoms with Gasteiger partial charge in [0.1, 0.15) is 6.07 Å². The Balaban J connectivity index is 2.67. The lowest BCUT2D eigenvalue weighted by atomic mass is 10.3. The SMILES string of the molecule is CCCNC(=O)CN(C)c1nnccc1C#N. The summed E-state index contributed by atoms with van der Waals surface area (Å²) in [6.45, 7) is 2.80. The second-order valence-corrected chi connectivity index (χ2v) is 3.59. The number of hydrogen-bond donors (Lipinski definition) is 1. The van der Waals surface area contributed by atoms with E-state index in [0.717, 1.165) is 6.42 Å². The lowest BCUT2D eigenvalue weighted by Gasteiger charge is -2.17. The highest BCUT2D eigenvalue weighted by atomic mass is 16.2. The average Bonchev–Trinajstić information content (AvgIpc) is 2.36. The van der Waals surface area contributed by atoms with Gasteiger partial charge in [0.05, 0.1) is 18.3 Å². The normalized spacial score (nSPS) is 9.47. The molecule has 17 heavy (non-hydrogen) atoms. The second kappa shape index (κ2) is 6.43. The summed E-state index contributed by atoms with van der Waals surface area (Å²) in [6, 6.07) is 3.59. The Morgan fingerprint density at radius 2 is 2.41 bits per heavy atom. The molecule has 1 rings (SSSR count). The summed E-state index contributed by atoms with van der Waals surface area (Å²) in [5.74, 6) is 0.325. The van der Waals surface area contributed by atoms with Crippen molar-refractivity contribution in [2.45, 2.75) is 13.3 Å². The number of carbonyl (C=O) groups excluding carboxylic acids is 1. The van der Waals surface area contributed by atoms with Crippen LogP contribution in [0.25, 0.3) is 0 Å². The number of hydrogen-bond acceptors (Lipinski definition) is 5. The Morgan fingerprint density at radius 1 is 1.65 bits per heavy atom. The molecule has 6 nitrogen and oxygen atoms in total. The fourth-order valence-electron chi connectivity index (χ4n) is 1.30. The minimum Gasteiger partial charge on any atom is -0.355 e. The van der Waals surface area contributed by atoms with Crippen LogP contribution in [0, 0.1) is 11.3 Å². The first-order chi connectivity index (χ1) is 8.19. The molecule has 0 saturated heterocycles. The zero-order chi connectivity index (χ0) is 12.7. The molecule has 90 valence electrons. The molecular weight excluding hydrogens is 218 g/mol. The molecule has 0 saturated carbocycles. The van der Waals surface area contributed by atoms with Gasteiger partial charge in [0.15, 0.2) is 5.82 Å². The molecule has 1 N–H and O–H groups in total. The number of amides is 1. The summed E-state index contributed by atoms with van der Waals surface area (Å²) in [5.41, 5.74) is 0.408. The summed E-state index contributed by atoms with van der Waals surface area (Å²) in [7, 11) is 1.70. The van der Waals surface area contributed by atoms with Crippen molar-refractivity contribution in [2.24, 2.45) is 0 Å². The van der Waals surface area contributed by atoms with Crippen molar-refractivity contribution in [1.82, 2.24) is 15.5 Å². The Kier molecular flexibility index (Phi) is 4.88. The molecule has 1 aromatic heterocycles. The van der Waals surface area contributed by atoms with Crippen molar-refractivity contribution in [3.8, 4) is 6.07 Å². The minimum absolute atomic E-state index is 0.0936. The monoisotopic (exact) mass is 233 g/mol. The van der Waals surface area contributed by atoms with Crippen LogP contribution in [-0.2, 0) is 4.79 Å². The summed E-state index contributed by atoms with van der Waals surface area (Å²) in [5, 5.41) is 19.2. The summed E-state index contributed by atoms with van der Waals surface area (Å²) in [4.78, 5) is 13.1. The third kappa shape index (κ3) is 3.72. The van der Waals surface area contributed by atoms with Crippen molar-refractivity contribution in [3.05, 3.63) is 17.8 Å². The molecule has 0 aromatic carbocycles. The van der Waals surface area contributed by atoms with Gasteiger partial charge in [-0.05, 0) is 12.5 Å². The number of nitrogens with zero attached hydrogens (tertiary/aromatic N) is 4. The molecule has 0 aliphatic heterocycles. The highest BCUT2D eigenvalue weighted by Gasteiger charge is 2.12. The van der Waals surface area contributed by atoms with E-state index < -0.39 is 0 Å². The Bertz CT molecular complexity index is 426. The molecular formula is C11H15N5O. The summed E-state index contributed by atoms with van der Waals surface area (Å²) < 4.78 is 0. The van der Waals surface area contributed by atoms with Crippen molar-refractivity contribution in [1.29, 1.82) is 5.26 Å². The van der Waals surface area contributed by atoms with Crippen molar-refractivity contribution >= 4 is 11.7 Å². The van der Waals surface area contributed by atoms with Crippen LogP contribution in [-0.4, -0.2) is 36.2 Å². The topological polar surface area (TPSA) is 81.9 Å². The smallest absolute Gasteiger partial charge is 0.239 e. The van der Waals surface area contributed by atoms with Gasteiger partial charge in [0, 0.05) is 13.6 Å². The Labute approximate surface area is 100 Å². The van der Waals surface area contributed by atoms with Gasteiger partial charge < -0.3 is 10.2 Å². The van der Waals surface area contributed by atoms with Crippen LogP contribution in [0.3, 0.4) is 0 Å². The van der Waals surface area contributed by atoms with E-state index in [2.05, 4.69) is 15.5 Å². The minimum atomic E-state index is -0.0936. The molecule has 0 aliphatic rings. The molecule has 0 atom stereocenters. The number of rotatable bonds is 5. The number of carbonyl (C=O) groups is 1. The van der Waals surface area contributed by atoms with Gasteiger partial charge in [-0.15, -0.1) is 5.10 Å². The van der Waals surface area contributed by atoms with E-state index >= 15 is 0 Å². The predicted molar refractivity (Wildman–Crippen MR) is 63.3 cm³/mol. The van der Waals surface area contributed by atoms with Crippen LogP contribution >= 0.6 is 0 Å². The highest BCUT2D eigenvalue weighted by Crippen LogP contribution is 2.12. The van der Waals surface area contributed by atoms with Crippen LogP contribution in [0.1, 0.15) is 18.9 Å². The molecule has 0 radical (unpaired) electrons. The third-order valence-electron chi connectivity index (χ3n) is 2.14. The lowest BCUT2D eigenvalue weighted by Crippen LogP contribution is -2.36. The maximum atomic E-state index is 11.5. The second-order valence-electron chi connectivity index (χ2n) is 3.59. The van der Waals surface area contributed by atoms with Crippen LogP contribution in [0.15, 0.2) is 12.3 Å². The fourth-order valence-corrected chi connectivity index (χ4v) is 1.30. The molecule has 0 spiro atoms. The zero-order valence-electron chi connectivity index (χ0n) is 9.97. The molecule has 1 heterocycles. The van der Waals surface area contributed by atoms with Gasteiger partial charge in [-0.1, -0.05) is 6.92 Å². The third-order valence-corrected chi connectivity index (χ3v) is 2.14. The number of aromatic nitrogens is 2. The van der Waals surface area contributed by atoms with Gasteiger partial charge in [-0.3, -0.25) is 4.79 Å². The number of nitrogens with one attached hydrogen (secondary N) is 1. The molecule has 0 bridgehead atoms. The fraction of sp³-hybridized carbons (Fsp3) is 0.455.